The average molecular weight is 377 g/mol. The first-order valence-electron chi connectivity index (χ1n) is 7.67. The second kappa shape index (κ2) is 8.39. The molecule has 0 fully saturated rings. The molecule has 2 heterocycles. The van der Waals surface area contributed by atoms with E-state index in [1.807, 2.05) is 4.72 Å². The van der Waals surface area contributed by atoms with Crippen molar-refractivity contribution in [2.24, 2.45) is 0 Å². The number of sulfonamides is 1. The minimum Gasteiger partial charge on any atom is -0.472 e. The van der Waals surface area contributed by atoms with Gasteiger partial charge in [-0.2, -0.15) is 0 Å². The van der Waals surface area contributed by atoms with Crippen molar-refractivity contribution in [2.45, 2.75) is 25.7 Å². The molecule has 2 aromatic rings. The minimum atomic E-state index is -4.20. The van der Waals surface area contributed by atoms with E-state index >= 15 is 0 Å². The number of amides is 2. The van der Waals surface area contributed by atoms with Crippen molar-refractivity contribution in [3.8, 4) is 5.88 Å². The molecule has 2 N–H and O–H groups in total. The van der Waals surface area contributed by atoms with Crippen molar-refractivity contribution in [2.75, 3.05) is 11.9 Å². The number of hydrogen-bond donors (Lipinski definition) is 2. The number of allylic oxidation sites excluding steroid dienone is 1. The van der Waals surface area contributed by atoms with Gasteiger partial charge in [-0.25, -0.2) is 32.9 Å². The second-order valence-electron chi connectivity index (χ2n) is 5.22. The van der Waals surface area contributed by atoms with Crippen LogP contribution in [0.15, 0.2) is 41.4 Å². The standard InChI is InChI=1S/C16H19N5O4S/c1-4-5-9-25-14-13(7-6-8-17-14)26(23,24)21-16(22)20-15-18-11(2)10-12(3)19-15/h4-8,10H,9H2,1-3H3,(H2,18,19,20,21,22)/b5-4+. The molecule has 0 atom stereocenters. The molecule has 0 aliphatic rings. The van der Waals surface area contributed by atoms with E-state index in [1.165, 1.54) is 18.3 Å². The van der Waals surface area contributed by atoms with E-state index in [9.17, 15) is 13.2 Å². The molecule has 2 aromatic heterocycles. The third-order valence-corrected chi connectivity index (χ3v) is 4.36. The van der Waals surface area contributed by atoms with Crippen LogP contribution in [0.1, 0.15) is 18.3 Å². The van der Waals surface area contributed by atoms with Gasteiger partial charge in [0.25, 0.3) is 10.0 Å². The Morgan fingerprint density at radius 1 is 1.27 bits per heavy atom. The highest BCUT2D eigenvalue weighted by molar-refractivity contribution is 7.90. The van der Waals surface area contributed by atoms with Crippen LogP contribution < -0.4 is 14.8 Å². The van der Waals surface area contributed by atoms with Crippen LogP contribution in [0.25, 0.3) is 0 Å². The number of urea groups is 1. The van der Waals surface area contributed by atoms with Crippen LogP contribution >= 0.6 is 0 Å². The van der Waals surface area contributed by atoms with Gasteiger partial charge >= 0.3 is 6.03 Å². The van der Waals surface area contributed by atoms with Gasteiger partial charge in [0, 0.05) is 17.6 Å². The summed E-state index contributed by atoms with van der Waals surface area (Å²) in [6, 6.07) is 3.46. The Morgan fingerprint density at radius 3 is 2.62 bits per heavy atom. The van der Waals surface area contributed by atoms with Gasteiger partial charge in [0.05, 0.1) is 0 Å². The lowest BCUT2D eigenvalue weighted by atomic mass is 10.4. The number of aryl methyl sites for hydroxylation is 2. The summed E-state index contributed by atoms with van der Waals surface area (Å²) in [7, 11) is -4.20. The molecule has 26 heavy (non-hydrogen) atoms. The van der Waals surface area contributed by atoms with Gasteiger partial charge in [-0.15, -0.1) is 0 Å². The van der Waals surface area contributed by atoms with Crippen molar-refractivity contribution in [3.63, 3.8) is 0 Å². The lowest BCUT2D eigenvalue weighted by Gasteiger charge is -2.11. The predicted octanol–water partition coefficient (Wildman–Crippen LogP) is 1.95. The molecule has 0 saturated heterocycles. The van der Waals surface area contributed by atoms with E-state index in [0.29, 0.717) is 11.4 Å². The van der Waals surface area contributed by atoms with Gasteiger partial charge in [0.15, 0.2) is 0 Å². The largest absolute Gasteiger partial charge is 0.472 e. The van der Waals surface area contributed by atoms with Crippen molar-refractivity contribution in [3.05, 3.63) is 47.9 Å². The van der Waals surface area contributed by atoms with E-state index in [0.717, 1.165) is 0 Å². The van der Waals surface area contributed by atoms with Crippen LogP contribution in [0.5, 0.6) is 5.88 Å². The van der Waals surface area contributed by atoms with Crippen molar-refractivity contribution in [1.82, 2.24) is 19.7 Å². The summed E-state index contributed by atoms with van der Waals surface area (Å²) in [5, 5.41) is 2.30. The van der Waals surface area contributed by atoms with Crippen LogP contribution in [0.3, 0.4) is 0 Å². The fourth-order valence-corrected chi connectivity index (χ4v) is 3.00. The van der Waals surface area contributed by atoms with Crippen LogP contribution in [0.2, 0.25) is 0 Å². The lowest BCUT2D eigenvalue weighted by Crippen LogP contribution is -2.35. The zero-order valence-electron chi connectivity index (χ0n) is 14.6. The zero-order chi connectivity index (χ0) is 19.2. The van der Waals surface area contributed by atoms with Gasteiger partial charge in [-0.05, 0) is 39.0 Å². The molecule has 2 rings (SSSR count). The maximum Gasteiger partial charge on any atom is 0.335 e. The molecule has 0 saturated carbocycles. The number of aromatic nitrogens is 3. The SMILES string of the molecule is C/C=C/COc1ncccc1S(=O)(=O)NC(=O)Nc1nc(C)cc(C)n1. The Hall–Kier alpha value is -3.01. The highest BCUT2D eigenvalue weighted by Crippen LogP contribution is 2.20. The van der Waals surface area contributed by atoms with E-state index in [2.05, 4.69) is 20.3 Å². The molecule has 2 amide bonds. The molecule has 0 aromatic carbocycles. The molecular formula is C16H19N5O4S. The molecule has 0 bridgehead atoms. The number of ether oxygens (including phenoxy) is 1. The second-order valence-corrected chi connectivity index (χ2v) is 6.87. The molecule has 9 nitrogen and oxygen atoms in total. The van der Waals surface area contributed by atoms with Gasteiger partial charge < -0.3 is 4.74 Å². The molecule has 0 unspecified atom stereocenters. The first-order valence-corrected chi connectivity index (χ1v) is 9.15. The number of carbonyl (C=O) groups excluding carboxylic acids is 1. The molecule has 10 heteroatoms. The molecule has 0 aliphatic heterocycles. The van der Waals surface area contributed by atoms with E-state index in [1.54, 1.807) is 39.0 Å². The Bertz CT molecular complexity index is 908. The van der Waals surface area contributed by atoms with Crippen molar-refractivity contribution < 1.29 is 17.9 Å². The average Bonchev–Trinajstić information content (AvgIpc) is 2.53. The highest BCUT2D eigenvalue weighted by Gasteiger charge is 2.23. The Morgan fingerprint density at radius 2 is 1.96 bits per heavy atom. The maximum atomic E-state index is 12.5. The van der Waals surface area contributed by atoms with E-state index < -0.39 is 16.1 Å². The highest BCUT2D eigenvalue weighted by atomic mass is 32.2. The van der Waals surface area contributed by atoms with Crippen LogP contribution in [0, 0.1) is 13.8 Å². The van der Waals surface area contributed by atoms with E-state index in [4.69, 9.17) is 4.74 Å². The topological polar surface area (TPSA) is 123 Å². The lowest BCUT2D eigenvalue weighted by molar-refractivity contribution is 0.256. The number of pyridine rings is 1. The molecule has 0 spiro atoms. The fourth-order valence-electron chi connectivity index (χ4n) is 2.00. The number of rotatable bonds is 6. The molecule has 138 valence electrons. The summed E-state index contributed by atoms with van der Waals surface area (Å²) in [5.41, 5.74) is 1.28. The van der Waals surface area contributed by atoms with Crippen LogP contribution in [-0.4, -0.2) is 36.0 Å². The summed E-state index contributed by atoms with van der Waals surface area (Å²) in [6.07, 6.45) is 4.85. The van der Waals surface area contributed by atoms with Crippen LogP contribution in [0.4, 0.5) is 10.7 Å². The van der Waals surface area contributed by atoms with Crippen LogP contribution in [-0.2, 0) is 10.0 Å². The summed E-state index contributed by atoms with van der Waals surface area (Å²) in [6.45, 7) is 5.43. The third-order valence-electron chi connectivity index (χ3n) is 3.01. The van der Waals surface area contributed by atoms with Crippen molar-refractivity contribution >= 4 is 22.0 Å². The zero-order valence-corrected chi connectivity index (χ0v) is 15.4. The third kappa shape index (κ3) is 5.24. The number of carbonyl (C=O) groups is 1. The summed E-state index contributed by atoms with van der Waals surface area (Å²) in [5.74, 6) is -0.0977. The number of nitrogens with one attached hydrogen (secondary N) is 2. The summed E-state index contributed by atoms with van der Waals surface area (Å²) in [4.78, 5) is 23.7. The Kier molecular flexibility index (Phi) is 6.23. The smallest absolute Gasteiger partial charge is 0.335 e. The Labute approximate surface area is 151 Å². The molecule has 0 aliphatic carbocycles. The van der Waals surface area contributed by atoms with Gasteiger partial charge in [-0.3, -0.25) is 5.32 Å². The van der Waals surface area contributed by atoms with E-state index in [-0.39, 0.29) is 23.3 Å². The maximum absolute atomic E-state index is 12.5. The monoisotopic (exact) mass is 377 g/mol. The summed E-state index contributed by atoms with van der Waals surface area (Å²) >= 11 is 0. The van der Waals surface area contributed by atoms with Crippen molar-refractivity contribution in [1.29, 1.82) is 0 Å². The number of hydrogen-bond acceptors (Lipinski definition) is 7. The minimum absolute atomic E-state index is 0.00550. The number of nitrogens with zero attached hydrogens (tertiary/aromatic N) is 3. The number of anilines is 1. The molecular weight excluding hydrogens is 358 g/mol. The predicted molar refractivity (Wildman–Crippen MR) is 95.4 cm³/mol. The normalized spacial score (nSPS) is 11.3. The Balaban J connectivity index is 2.16. The quantitative estimate of drug-likeness (QED) is 0.738. The molecule has 0 radical (unpaired) electrons. The summed E-state index contributed by atoms with van der Waals surface area (Å²) < 4.78 is 32.2. The van der Waals surface area contributed by atoms with Gasteiger partial charge in [0.2, 0.25) is 11.8 Å². The first kappa shape index (κ1) is 19.3. The first-order chi connectivity index (χ1) is 12.3. The fraction of sp³-hybridized carbons (Fsp3) is 0.250. The van der Waals surface area contributed by atoms with Gasteiger partial charge in [-0.1, -0.05) is 12.2 Å². The van der Waals surface area contributed by atoms with Gasteiger partial charge in [0.1, 0.15) is 11.5 Å².